The van der Waals surface area contributed by atoms with Crippen molar-refractivity contribution in [3.8, 4) is 5.75 Å². The number of nitrogens with zero attached hydrogens (tertiary/aromatic N) is 1. The van der Waals surface area contributed by atoms with Gasteiger partial charge in [-0.05, 0) is 49.2 Å². The van der Waals surface area contributed by atoms with E-state index in [0.29, 0.717) is 23.7 Å². The highest BCUT2D eigenvalue weighted by molar-refractivity contribution is 7.54. The lowest BCUT2D eigenvalue weighted by molar-refractivity contribution is 0.214. The molecule has 1 unspecified atom stereocenters. The first-order chi connectivity index (χ1) is 15.1. The number of hydrogen-bond donors (Lipinski definition) is 1. The molecule has 1 N–H and O–H groups in total. The van der Waals surface area contributed by atoms with Crippen LogP contribution in [0.4, 0.5) is 10.2 Å². The second-order valence-electron chi connectivity index (χ2n) is 6.60. The zero-order valence-corrected chi connectivity index (χ0v) is 18.4. The van der Waals surface area contributed by atoms with Crippen LogP contribution in [0, 0.1) is 5.82 Å². The minimum Gasteiger partial charge on any atom is -0.485 e. The van der Waals surface area contributed by atoms with Crippen molar-refractivity contribution in [2.45, 2.75) is 26.2 Å². The lowest BCUT2D eigenvalue weighted by atomic mass is 10.2. The van der Waals surface area contributed by atoms with Gasteiger partial charge in [0, 0.05) is 6.20 Å². The fourth-order valence-electron chi connectivity index (χ4n) is 3.02. The van der Waals surface area contributed by atoms with Gasteiger partial charge in [-0.1, -0.05) is 42.5 Å². The van der Waals surface area contributed by atoms with Crippen LogP contribution in [0.25, 0.3) is 0 Å². The molecule has 0 saturated carbocycles. The number of anilines is 1. The summed E-state index contributed by atoms with van der Waals surface area (Å²) in [4.78, 5) is 4.37. The molecule has 0 amide bonds. The molecule has 0 saturated heterocycles. The van der Waals surface area contributed by atoms with E-state index in [1.165, 1.54) is 12.1 Å². The van der Waals surface area contributed by atoms with Crippen molar-refractivity contribution in [1.82, 2.24) is 4.98 Å². The van der Waals surface area contributed by atoms with E-state index in [2.05, 4.69) is 10.3 Å². The van der Waals surface area contributed by atoms with E-state index in [1.54, 1.807) is 44.3 Å². The Kier molecular flexibility index (Phi) is 8.18. The minimum absolute atomic E-state index is 0.191. The molecule has 1 heterocycles. The smallest absolute Gasteiger partial charge is 0.357 e. The SMILES string of the molecule is CCOP(=O)(OCC)C(Nc1ncccc1OCc1ccccc1)c1ccc(F)cc1. The molecule has 1 atom stereocenters. The Hall–Kier alpha value is -2.73. The molecule has 164 valence electrons. The van der Waals surface area contributed by atoms with E-state index in [4.69, 9.17) is 13.8 Å². The van der Waals surface area contributed by atoms with Gasteiger partial charge in [0.25, 0.3) is 0 Å². The molecule has 0 aliphatic carbocycles. The number of hydrogen-bond acceptors (Lipinski definition) is 6. The highest BCUT2D eigenvalue weighted by Gasteiger charge is 2.38. The fraction of sp³-hybridized carbons (Fsp3) is 0.261. The quantitative estimate of drug-likeness (QED) is 0.356. The number of ether oxygens (including phenoxy) is 1. The summed E-state index contributed by atoms with van der Waals surface area (Å²) in [6.45, 7) is 4.20. The highest BCUT2D eigenvalue weighted by atomic mass is 31.2. The van der Waals surface area contributed by atoms with Crippen LogP contribution >= 0.6 is 7.60 Å². The number of halogens is 1. The van der Waals surface area contributed by atoms with Gasteiger partial charge in [-0.2, -0.15) is 0 Å². The fourth-order valence-corrected chi connectivity index (χ4v) is 4.93. The first-order valence-corrected chi connectivity index (χ1v) is 11.7. The van der Waals surface area contributed by atoms with Crippen LogP contribution in [-0.2, 0) is 20.2 Å². The molecule has 0 fully saturated rings. The number of nitrogens with one attached hydrogen (secondary N) is 1. The average molecular weight is 444 g/mol. The van der Waals surface area contributed by atoms with E-state index < -0.39 is 19.2 Å². The summed E-state index contributed by atoms with van der Waals surface area (Å²) < 4.78 is 44.2. The van der Waals surface area contributed by atoms with Crippen molar-refractivity contribution in [3.05, 3.63) is 89.9 Å². The van der Waals surface area contributed by atoms with Crippen LogP contribution in [0.1, 0.15) is 30.8 Å². The number of benzene rings is 2. The Morgan fingerprint density at radius 3 is 2.29 bits per heavy atom. The molecule has 0 bridgehead atoms. The largest absolute Gasteiger partial charge is 0.485 e. The van der Waals surface area contributed by atoms with Gasteiger partial charge in [0.05, 0.1) is 13.2 Å². The van der Waals surface area contributed by atoms with Gasteiger partial charge < -0.3 is 19.1 Å². The zero-order valence-electron chi connectivity index (χ0n) is 17.5. The van der Waals surface area contributed by atoms with Gasteiger partial charge in [0.1, 0.15) is 12.4 Å². The highest BCUT2D eigenvalue weighted by Crippen LogP contribution is 2.61. The summed E-state index contributed by atoms with van der Waals surface area (Å²) in [7, 11) is -3.66. The van der Waals surface area contributed by atoms with Crippen LogP contribution in [0.3, 0.4) is 0 Å². The molecule has 6 nitrogen and oxygen atoms in total. The van der Waals surface area contributed by atoms with Crippen LogP contribution in [0.15, 0.2) is 72.9 Å². The number of rotatable bonds is 11. The Labute approximate surface area is 181 Å². The first-order valence-electron chi connectivity index (χ1n) is 10.1. The molecular formula is C23H26FN2O4P. The van der Waals surface area contributed by atoms with Gasteiger partial charge in [-0.15, -0.1) is 0 Å². The third-order valence-electron chi connectivity index (χ3n) is 4.40. The van der Waals surface area contributed by atoms with E-state index in [0.717, 1.165) is 5.56 Å². The Bertz CT molecular complexity index is 992. The first kappa shape index (κ1) is 22.9. The topological polar surface area (TPSA) is 69.7 Å². The third kappa shape index (κ3) is 6.14. The van der Waals surface area contributed by atoms with Crippen molar-refractivity contribution in [2.24, 2.45) is 0 Å². The number of aromatic nitrogens is 1. The molecule has 1 aromatic heterocycles. The Morgan fingerprint density at radius 1 is 0.968 bits per heavy atom. The lowest BCUT2D eigenvalue weighted by Crippen LogP contribution is -2.16. The summed E-state index contributed by atoms with van der Waals surface area (Å²) in [5.74, 6) is -0.428. The van der Waals surface area contributed by atoms with Gasteiger partial charge in [0.2, 0.25) is 0 Å². The molecule has 3 aromatic rings. The van der Waals surface area contributed by atoms with Crippen LogP contribution in [0.2, 0.25) is 0 Å². The summed E-state index contributed by atoms with van der Waals surface area (Å²) >= 11 is 0. The second kappa shape index (κ2) is 11.0. The van der Waals surface area contributed by atoms with Gasteiger partial charge in [0.15, 0.2) is 17.4 Å². The lowest BCUT2D eigenvalue weighted by Gasteiger charge is -2.28. The van der Waals surface area contributed by atoms with Crippen molar-refractivity contribution in [3.63, 3.8) is 0 Å². The maximum absolute atomic E-state index is 13.6. The van der Waals surface area contributed by atoms with E-state index in [-0.39, 0.29) is 13.2 Å². The summed E-state index contributed by atoms with van der Waals surface area (Å²) in [6, 6.07) is 19.0. The summed E-state index contributed by atoms with van der Waals surface area (Å²) in [5, 5.41) is 3.16. The van der Waals surface area contributed by atoms with Crippen molar-refractivity contribution in [1.29, 1.82) is 0 Å². The van der Waals surface area contributed by atoms with Gasteiger partial charge in [-0.25, -0.2) is 9.37 Å². The molecular weight excluding hydrogens is 418 g/mol. The molecule has 0 aliphatic rings. The van der Waals surface area contributed by atoms with Crippen molar-refractivity contribution in [2.75, 3.05) is 18.5 Å². The van der Waals surface area contributed by atoms with Crippen molar-refractivity contribution >= 4 is 13.4 Å². The van der Waals surface area contributed by atoms with Crippen LogP contribution in [-0.4, -0.2) is 18.2 Å². The summed E-state index contributed by atoms with van der Waals surface area (Å²) in [5.41, 5.74) is 1.55. The predicted molar refractivity (Wildman–Crippen MR) is 119 cm³/mol. The Morgan fingerprint density at radius 2 is 1.65 bits per heavy atom. The molecule has 31 heavy (non-hydrogen) atoms. The zero-order chi connectivity index (χ0) is 22.1. The standard InChI is InChI=1S/C23H26FN2O4P/c1-3-29-31(27,30-4-2)23(19-12-14-20(24)15-13-19)26-22-21(11-8-16-25-22)28-17-18-9-6-5-7-10-18/h5-16,23H,3-4,17H2,1-2H3,(H,25,26). The third-order valence-corrected chi connectivity index (χ3v) is 6.70. The minimum atomic E-state index is -3.66. The predicted octanol–water partition coefficient (Wildman–Crippen LogP) is 6.18. The molecule has 0 spiro atoms. The molecule has 0 aliphatic heterocycles. The molecule has 3 rings (SSSR count). The van der Waals surface area contributed by atoms with Crippen LogP contribution < -0.4 is 10.1 Å². The second-order valence-corrected chi connectivity index (χ2v) is 8.71. The van der Waals surface area contributed by atoms with E-state index in [9.17, 15) is 8.96 Å². The maximum Gasteiger partial charge on any atom is 0.357 e. The maximum atomic E-state index is 13.6. The van der Waals surface area contributed by atoms with Gasteiger partial charge >= 0.3 is 7.60 Å². The van der Waals surface area contributed by atoms with Gasteiger partial charge in [-0.3, -0.25) is 4.57 Å². The van der Waals surface area contributed by atoms with E-state index in [1.807, 2.05) is 30.3 Å². The Balaban J connectivity index is 1.92. The molecule has 0 radical (unpaired) electrons. The monoisotopic (exact) mass is 444 g/mol. The number of pyridine rings is 1. The van der Waals surface area contributed by atoms with Crippen LogP contribution in [0.5, 0.6) is 5.75 Å². The van der Waals surface area contributed by atoms with E-state index >= 15 is 0 Å². The summed E-state index contributed by atoms with van der Waals surface area (Å²) in [6.07, 6.45) is 1.60. The molecule has 8 heteroatoms. The average Bonchev–Trinajstić information content (AvgIpc) is 2.78. The molecule has 2 aromatic carbocycles. The normalized spacial score (nSPS) is 12.4. The van der Waals surface area contributed by atoms with Crippen molar-refractivity contribution < 1.29 is 22.7 Å².